The first-order chi connectivity index (χ1) is 11.7. The molecule has 0 amide bonds. The normalized spacial score (nSPS) is 20.1. The summed E-state index contributed by atoms with van der Waals surface area (Å²) in [6, 6.07) is 4.26. The molecular formula is C18H27B2O4S2. The van der Waals surface area contributed by atoms with E-state index in [-0.39, 0.29) is 18.3 Å². The van der Waals surface area contributed by atoms with Crippen molar-refractivity contribution in [1.29, 1.82) is 0 Å². The smallest absolute Gasteiger partial charge is 0.426 e. The van der Waals surface area contributed by atoms with Crippen LogP contribution in [0.25, 0.3) is 9.40 Å². The van der Waals surface area contributed by atoms with Crippen molar-refractivity contribution in [3.05, 3.63) is 12.1 Å². The van der Waals surface area contributed by atoms with Crippen LogP contribution < -0.4 is 9.55 Å². The van der Waals surface area contributed by atoms with Crippen LogP contribution in [0, 0.1) is 0 Å². The van der Waals surface area contributed by atoms with Gasteiger partial charge < -0.3 is 19.1 Å². The van der Waals surface area contributed by atoms with Crippen molar-refractivity contribution in [3.63, 3.8) is 0 Å². The van der Waals surface area contributed by atoms with Crippen molar-refractivity contribution in [2.45, 2.75) is 77.8 Å². The first-order valence-electron chi connectivity index (χ1n) is 8.84. The van der Waals surface area contributed by atoms with Gasteiger partial charge in [-0.15, -0.1) is 22.7 Å². The predicted molar refractivity (Wildman–Crippen MR) is 112 cm³/mol. The molecule has 0 unspecified atom stereocenters. The average molecular weight is 393 g/mol. The van der Waals surface area contributed by atoms with Gasteiger partial charge in [0.25, 0.3) is 0 Å². The molecule has 2 aromatic rings. The first kappa shape index (κ1) is 20.4. The summed E-state index contributed by atoms with van der Waals surface area (Å²) in [6.45, 7) is 15.5. The second-order valence-corrected chi connectivity index (χ2v) is 11.2. The zero-order valence-corrected chi connectivity index (χ0v) is 18.4. The summed E-state index contributed by atoms with van der Waals surface area (Å²) in [5.74, 6) is 0. The fourth-order valence-electron chi connectivity index (χ4n) is 2.36. The first-order valence-corrected chi connectivity index (χ1v) is 10.5. The third-order valence-electron chi connectivity index (χ3n) is 5.67. The highest BCUT2D eigenvalue weighted by Crippen LogP contribution is 2.37. The minimum Gasteiger partial charge on any atom is -0.426 e. The maximum absolute atomic E-state index is 10.2. The minimum atomic E-state index is -0.929. The minimum absolute atomic E-state index is 0.317. The monoisotopic (exact) mass is 393 g/mol. The SMILES string of the molecule is CC(C)(O)C(C)(C)O[B]c1cc2sc(B3OC(C)(C)C(C)(C)O3)cc2s1. The van der Waals surface area contributed by atoms with Crippen molar-refractivity contribution < 1.29 is 19.1 Å². The summed E-state index contributed by atoms with van der Waals surface area (Å²) in [5, 5.41) is 10.2. The highest BCUT2D eigenvalue weighted by atomic mass is 32.1. The predicted octanol–water partition coefficient (Wildman–Crippen LogP) is 3.07. The summed E-state index contributed by atoms with van der Waals surface area (Å²) >= 11 is 3.36. The maximum atomic E-state index is 10.2. The van der Waals surface area contributed by atoms with Crippen LogP contribution in [-0.2, 0) is 14.0 Å². The molecule has 0 aromatic carbocycles. The zero-order chi connectivity index (χ0) is 19.5. The third-order valence-corrected chi connectivity index (χ3v) is 7.91. The number of aliphatic hydroxyl groups is 1. The number of hydrogen-bond acceptors (Lipinski definition) is 6. The van der Waals surface area contributed by atoms with Crippen LogP contribution in [-0.4, -0.2) is 42.1 Å². The molecule has 1 saturated heterocycles. The van der Waals surface area contributed by atoms with E-state index in [2.05, 4.69) is 39.8 Å². The Morgan fingerprint density at radius 2 is 1.54 bits per heavy atom. The summed E-state index contributed by atoms with van der Waals surface area (Å²) in [5.41, 5.74) is -2.25. The Kier molecular flexibility index (Phi) is 4.95. The molecule has 141 valence electrons. The van der Waals surface area contributed by atoms with Crippen LogP contribution >= 0.6 is 22.7 Å². The topological polar surface area (TPSA) is 47.9 Å². The molecule has 0 saturated carbocycles. The van der Waals surface area contributed by atoms with Gasteiger partial charge in [-0.25, -0.2) is 0 Å². The number of fused-ring (bicyclic) bond motifs is 1. The van der Waals surface area contributed by atoms with E-state index >= 15 is 0 Å². The van der Waals surface area contributed by atoms with E-state index < -0.39 is 11.2 Å². The second kappa shape index (κ2) is 6.32. The Morgan fingerprint density at radius 1 is 1.00 bits per heavy atom. The molecule has 1 aliphatic heterocycles. The van der Waals surface area contributed by atoms with Crippen LogP contribution in [0.1, 0.15) is 55.4 Å². The van der Waals surface area contributed by atoms with Crippen molar-refractivity contribution in [2.24, 2.45) is 0 Å². The molecule has 1 aliphatic rings. The molecule has 3 rings (SSSR count). The molecule has 0 spiro atoms. The Labute approximate surface area is 165 Å². The zero-order valence-electron chi connectivity index (χ0n) is 16.8. The van der Waals surface area contributed by atoms with Gasteiger partial charge in [0, 0.05) is 19.0 Å². The number of thiophene rings is 2. The molecule has 26 heavy (non-hydrogen) atoms. The molecule has 1 fully saturated rings. The Hall–Kier alpha value is -0.370. The van der Waals surface area contributed by atoms with Gasteiger partial charge in [-0.2, -0.15) is 0 Å². The van der Waals surface area contributed by atoms with E-state index in [1.54, 1.807) is 44.0 Å². The molecule has 1 radical (unpaired) electrons. The summed E-state index contributed by atoms with van der Waals surface area (Å²) in [7, 11) is 1.42. The van der Waals surface area contributed by atoms with Gasteiger partial charge in [0.2, 0.25) is 0 Å². The van der Waals surface area contributed by atoms with Gasteiger partial charge in [0.1, 0.15) is 0 Å². The van der Waals surface area contributed by atoms with Crippen LogP contribution in [0.15, 0.2) is 12.1 Å². The maximum Gasteiger partial charge on any atom is 0.505 e. The van der Waals surface area contributed by atoms with Gasteiger partial charge in [-0.1, -0.05) is 0 Å². The Morgan fingerprint density at radius 3 is 2.04 bits per heavy atom. The fraction of sp³-hybridized carbons (Fsp3) is 0.667. The van der Waals surface area contributed by atoms with E-state index in [0.717, 1.165) is 9.55 Å². The van der Waals surface area contributed by atoms with Gasteiger partial charge in [-0.05, 0) is 67.5 Å². The third kappa shape index (κ3) is 3.64. The summed E-state index contributed by atoms with van der Waals surface area (Å²) in [4.78, 5) is 0. The lowest BCUT2D eigenvalue weighted by molar-refractivity contribution is -0.0892. The Balaban J connectivity index is 1.73. The number of hydrogen-bond donors (Lipinski definition) is 1. The molecule has 0 aliphatic carbocycles. The Bertz CT molecular complexity index is 754. The van der Waals surface area contributed by atoms with Crippen LogP contribution in [0.4, 0.5) is 0 Å². The van der Waals surface area contributed by atoms with E-state index in [4.69, 9.17) is 14.0 Å². The van der Waals surface area contributed by atoms with Crippen molar-refractivity contribution >= 4 is 56.2 Å². The highest BCUT2D eigenvalue weighted by molar-refractivity contribution is 7.35. The molecule has 1 N–H and O–H groups in total. The standard InChI is InChI=1S/C18H27B2O4S2/c1-15(2,21)16(3,4)22-19-13-9-11-12(25-13)10-14(26-11)20-23-17(5,6)18(7,8)24-20/h9-10,21H,1-8H3. The highest BCUT2D eigenvalue weighted by Gasteiger charge is 2.52. The van der Waals surface area contributed by atoms with E-state index in [1.807, 2.05) is 13.8 Å². The summed E-state index contributed by atoms with van der Waals surface area (Å²) < 4.78 is 22.6. The molecule has 4 nitrogen and oxygen atoms in total. The fourth-order valence-corrected chi connectivity index (χ4v) is 4.60. The lowest BCUT2D eigenvalue weighted by Gasteiger charge is -2.37. The molecule has 3 heterocycles. The van der Waals surface area contributed by atoms with Gasteiger partial charge in [-0.3, -0.25) is 0 Å². The van der Waals surface area contributed by atoms with Crippen molar-refractivity contribution in [2.75, 3.05) is 0 Å². The van der Waals surface area contributed by atoms with E-state index in [1.165, 1.54) is 9.40 Å². The largest absolute Gasteiger partial charge is 0.505 e. The number of rotatable bonds is 5. The van der Waals surface area contributed by atoms with Gasteiger partial charge in [0.15, 0.2) is 0 Å². The molecular weight excluding hydrogens is 366 g/mol. The van der Waals surface area contributed by atoms with Gasteiger partial charge in [0.05, 0.1) is 22.4 Å². The van der Waals surface area contributed by atoms with Crippen LogP contribution in [0.2, 0.25) is 0 Å². The van der Waals surface area contributed by atoms with Gasteiger partial charge >= 0.3 is 14.6 Å². The van der Waals surface area contributed by atoms with Crippen molar-refractivity contribution in [1.82, 2.24) is 0 Å². The van der Waals surface area contributed by atoms with Crippen LogP contribution in [0.3, 0.4) is 0 Å². The van der Waals surface area contributed by atoms with Crippen molar-refractivity contribution in [3.8, 4) is 0 Å². The molecule has 0 atom stereocenters. The van der Waals surface area contributed by atoms with Crippen LogP contribution in [0.5, 0.6) is 0 Å². The average Bonchev–Trinajstić information content (AvgIpc) is 3.05. The lowest BCUT2D eigenvalue weighted by Crippen LogP contribution is -2.49. The summed E-state index contributed by atoms with van der Waals surface area (Å²) in [6.07, 6.45) is 0. The quantitative estimate of drug-likeness (QED) is 0.794. The molecule has 0 bridgehead atoms. The lowest BCUT2D eigenvalue weighted by atomic mass is 9.86. The second-order valence-electron chi connectivity index (χ2n) is 8.92. The molecule has 8 heteroatoms. The molecule has 2 aromatic heterocycles. The van der Waals surface area contributed by atoms with E-state index in [9.17, 15) is 5.11 Å². The van der Waals surface area contributed by atoms with E-state index in [0.29, 0.717) is 0 Å².